The summed E-state index contributed by atoms with van der Waals surface area (Å²) in [7, 11) is -3.29. The first-order valence-electron chi connectivity index (χ1n) is 5.56. The van der Waals surface area contributed by atoms with E-state index < -0.39 is 15.3 Å². The SMILES string of the molecule is O=S(=O)(c1ccccc1)C1OCC12CCC2. The molecule has 0 amide bonds. The zero-order chi connectivity index (χ0) is 11.2. The Balaban J connectivity index is 1.95. The van der Waals surface area contributed by atoms with Crippen LogP contribution in [-0.2, 0) is 14.6 Å². The van der Waals surface area contributed by atoms with Crippen LogP contribution in [0.15, 0.2) is 35.2 Å². The average Bonchev–Trinajstić information content (AvgIpc) is 2.14. The maximum Gasteiger partial charge on any atom is 0.205 e. The van der Waals surface area contributed by atoms with Crippen molar-refractivity contribution in [2.75, 3.05) is 6.61 Å². The summed E-state index contributed by atoms with van der Waals surface area (Å²) < 4.78 is 29.9. The maximum atomic E-state index is 12.3. The van der Waals surface area contributed by atoms with E-state index in [0.29, 0.717) is 11.5 Å². The number of rotatable bonds is 2. The molecule has 1 atom stereocenters. The van der Waals surface area contributed by atoms with Crippen LogP contribution in [0, 0.1) is 5.41 Å². The summed E-state index contributed by atoms with van der Waals surface area (Å²) in [5.41, 5.74) is -0.662. The van der Waals surface area contributed by atoms with Gasteiger partial charge in [0.05, 0.1) is 11.5 Å². The van der Waals surface area contributed by atoms with Crippen molar-refractivity contribution in [2.24, 2.45) is 5.41 Å². The van der Waals surface area contributed by atoms with Gasteiger partial charge in [-0.2, -0.15) is 0 Å². The van der Waals surface area contributed by atoms with Gasteiger partial charge in [0.1, 0.15) is 0 Å². The summed E-state index contributed by atoms with van der Waals surface area (Å²) in [6.07, 6.45) is 3.11. The molecule has 2 fully saturated rings. The second-order valence-corrected chi connectivity index (χ2v) is 6.71. The Bertz CT molecular complexity index is 483. The summed E-state index contributed by atoms with van der Waals surface area (Å²) >= 11 is 0. The van der Waals surface area contributed by atoms with Gasteiger partial charge in [-0.15, -0.1) is 0 Å². The molecule has 2 aliphatic rings. The van der Waals surface area contributed by atoms with Crippen molar-refractivity contribution in [1.82, 2.24) is 0 Å². The zero-order valence-corrected chi connectivity index (χ0v) is 9.74. The van der Waals surface area contributed by atoms with Gasteiger partial charge in [0.2, 0.25) is 9.84 Å². The fourth-order valence-electron chi connectivity index (χ4n) is 2.55. The average molecular weight is 238 g/mol. The first-order chi connectivity index (χ1) is 7.65. The highest BCUT2D eigenvalue weighted by Crippen LogP contribution is 2.54. The Morgan fingerprint density at radius 1 is 1.19 bits per heavy atom. The number of hydrogen-bond donors (Lipinski definition) is 0. The topological polar surface area (TPSA) is 43.4 Å². The molecular formula is C12H14O3S. The van der Waals surface area contributed by atoms with Crippen LogP contribution in [0.25, 0.3) is 0 Å². The number of sulfone groups is 1. The van der Waals surface area contributed by atoms with Crippen molar-refractivity contribution in [2.45, 2.75) is 29.6 Å². The predicted octanol–water partition coefficient (Wildman–Crippen LogP) is 1.99. The molecule has 1 heterocycles. The van der Waals surface area contributed by atoms with Crippen LogP contribution >= 0.6 is 0 Å². The Morgan fingerprint density at radius 2 is 1.88 bits per heavy atom. The van der Waals surface area contributed by atoms with Crippen LogP contribution in [0.1, 0.15) is 19.3 Å². The van der Waals surface area contributed by atoms with Crippen molar-refractivity contribution < 1.29 is 13.2 Å². The first kappa shape index (κ1) is 10.3. The Hall–Kier alpha value is -0.870. The molecule has 0 aromatic heterocycles. The van der Waals surface area contributed by atoms with Crippen LogP contribution in [0.5, 0.6) is 0 Å². The molecule has 1 aromatic rings. The number of benzene rings is 1. The molecule has 1 saturated heterocycles. The van der Waals surface area contributed by atoms with Gasteiger partial charge >= 0.3 is 0 Å². The minimum Gasteiger partial charge on any atom is -0.361 e. The van der Waals surface area contributed by atoms with E-state index in [9.17, 15) is 8.42 Å². The molecule has 4 heteroatoms. The van der Waals surface area contributed by atoms with E-state index in [1.807, 2.05) is 6.07 Å². The second kappa shape index (κ2) is 3.31. The molecule has 3 nitrogen and oxygen atoms in total. The molecule has 1 spiro atoms. The van der Waals surface area contributed by atoms with E-state index in [4.69, 9.17) is 4.74 Å². The third-order valence-corrected chi connectivity index (χ3v) is 5.85. The number of hydrogen-bond acceptors (Lipinski definition) is 3. The Morgan fingerprint density at radius 3 is 2.31 bits per heavy atom. The highest BCUT2D eigenvalue weighted by Gasteiger charge is 2.58. The van der Waals surface area contributed by atoms with Gasteiger partial charge in [-0.3, -0.25) is 0 Å². The van der Waals surface area contributed by atoms with E-state index >= 15 is 0 Å². The molecule has 0 N–H and O–H groups in total. The van der Waals surface area contributed by atoms with Crippen molar-refractivity contribution in [3.63, 3.8) is 0 Å². The van der Waals surface area contributed by atoms with Gasteiger partial charge in [0.25, 0.3) is 0 Å². The van der Waals surface area contributed by atoms with Crippen LogP contribution < -0.4 is 0 Å². The van der Waals surface area contributed by atoms with Crippen molar-refractivity contribution >= 4 is 9.84 Å². The molecule has 86 valence electrons. The highest BCUT2D eigenvalue weighted by molar-refractivity contribution is 7.92. The normalized spacial score (nSPS) is 27.1. The smallest absolute Gasteiger partial charge is 0.205 e. The predicted molar refractivity (Wildman–Crippen MR) is 59.7 cm³/mol. The van der Waals surface area contributed by atoms with E-state index in [1.54, 1.807) is 24.3 Å². The fourth-order valence-corrected chi connectivity index (χ4v) is 4.54. The lowest BCUT2D eigenvalue weighted by Gasteiger charge is -2.54. The van der Waals surface area contributed by atoms with Crippen molar-refractivity contribution in [3.8, 4) is 0 Å². The standard InChI is InChI=1S/C12H14O3S/c13-16(14,10-5-2-1-3-6-10)11-12(9-15-11)7-4-8-12/h1-3,5-6,11H,4,7-9H2. The molecular weight excluding hydrogens is 224 g/mol. The van der Waals surface area contributed by atoms with Gasteiger partial charge in [0, 0.05) is 5.41 Å². The monoisotopic (exact) mass is 238 g/mol. The first-order valence-corrected chi connectivity index (χ1v) is 7.10. The van der Waals surface area contributed by atoms with Gasteiger partial charge in [-0.1, -0.05) is 24.6 Å². The van der Waals surface area contributed by atoms with E-state index in [2.05, 4.69) is 0 Å². The summed E-state index contributed by atoms with van der Waals surface area (Å²) in [4.78, 5) is 0.381. The van der Waals surface area contributed by atoms with E-state index in [1.165, 1.54) is 0 Å². The largest absolute Gasteiger partial charge is 0.361 e. The maximum absolute atomic E-state index is 12.3. The second-order valence-electron chi connectivity index (χ2n) is 4.72. The quantitative estimate of drug-likeness (QED) is 0.791. The van der Waals surface area contributed by atoms with E-state index in [-0.39, 0.29) is 5.41 Å². The van der Waals surface area contributed by atoms with Crippen molar-refractivity contribution in [1.29, 1.82) is 0 Å². The molecule has 3 rings (SSSR count). The third kappa shape index (κ3) is 1.26. The minimum atomic E-state index is -3.29. The Labute approximate surface area is 95.3 Å². The Kier molecular flexibility index (Phi) is 2.13. The van der Waals surface area contributed by atoms with Gasteiger partial charge < -0.3 is 4.74 Å². The van der Waals surface area contributed by atoms with Gasteiger partial charge in [-0.25, -0.2) is 8.42 Å². The molecule has 1 aromatic carbocycles. The molecule has 16 heavy (non-hydrogen) atoms. The molecule has 1 unspecified atom stereocenters. The minimum absolute atomic E-state index is 0.0608. The summed E-state index contributed by atoms with van der Waals surface area (Å²) in [6.45, 7) is 0.615. The zero-order valence-electron chi connectivity index (χ0n) is 8.93. The van der Waals surface area contributed by atoms with Crippen LogP contribution in [0.2, 0.25) is 0 Å². The fraction of sp³-hybridized carbons (Fsp3) is 0.500. The van der Waals surface area contributed by atoms with Gasteiger partial charge in [-0.05, 0) is 25.0 Å². The van der Waals surface area contributed by atoms with Crippen molar-refractivity contribution in [3.05, 3.63) is 30.3 Å². The molecule has 0 bridgehead atoms. The molecule has 0 radical (unpaired) electrons. The lowest BCUT2D eigenvalue weighted by atomic mass is 9.67. The van der Waals surface area contributed by atoms with E-state index in [0.717, 1.165) is 19.3 Å². The van der Waals surface area contributed by atoms with Gasteiger partial charge in [0.15, 0.2) is 5.44 Å². The van der Waals surface area contributed by atoms with Crippen LogP contribution in [0.3, 0.4) is 0 Å². The molecule has 1 saturated carbocycles. The lowest BCUT2D eigenvalue weighted by molar-refractivity contribution is -0.181. The van der Waals surface area contributed by atoms with Crippen LogP contribution in [0.4, 0.5) is 0 Å². The molecule has 1 aliphatic heterocycles. The summed E-state index contributed by atoms with van der Waals surface area (Å²) in [5, 5.41) is 0. The third-order valence-electron chi connectivity index (χ3n) is 3.73. The summed E-state index contributed by atoms with van der Waals surface area (Å²) in [6, 6.07) is 8.60. The summed E-state index contributed by atoms with van der Waals surface area (Å²) in [5.74, 6) is 0. The lowest BCUT2D eigenvalue weighted by Crippen LogP contribution is -2.59. The number of ether oxygens (including phenoxy) is 1. The van der Waals surface area contributed by atoms with Crippen LogP contribution in [-0.4, -0.2) is 20.5 Å². The molecule has 1 aliphatic carbocycles. The highest BCUT2D eigenvalue weighted by atomic mass is 32.2.